The van der Waals surface area contributed by atoms with Gasteiger partial charge < -0.3 is 15.2 Å². The molecule has 0 spiro atoms. The number of carboxylic acid groups (broad SMARTS) is 1. The van der Waals surface area contributed by atoms with Crippen LogP contribution in [0.4, 0.5) is 0 Å². The molecule has 5 nitrogen and oxygen atoms in total. The highest BCUT2D eigenvalue weighted by molar-refractivity contribution is 5.87. The fourth-order valence-electron chi connectivity index (χ4n) is 1.95. The van der Waals surface area contributed by atoms with E-state index in [2.05, 4.69) is 5.32 Å². The Bertz CT molecular complexity index is 426. The van der Waals surface area contributed by atoms with Gasteiger partial charge in [0.05, 0.1) is 0 Å². The molecule has 0 saturated carbocycles. The number of amides is 1. The second kappa shape index (κ2) is 5.64. The van der Waals surface area contributed by atoms with Crippen LogP contribution in [0.1, 0.15) is 24.4 Å². The van der Waals surface area contributed by atoms with Gasteiger partial charge in [-0.05, 0) is 18.4 Å². The lowest BCUT2D eigenvalue weighted by atomic mass is 10.1. The molecule has 1 heterocycles. The molecule has 5 heteroatoms. The zero-order chi connectivity index (χ0) is 13.0. The number of aliphatic carboxylic acids is 1. The molecule has 2 atom stereocenters. The molecule has 1 aliphatic heterocycles. The number of carbonyl (C=O) groups is 2. The van der Waals surface area contributed by atoms with Gasteiger partial charge in [0.15, 0.2) is 6.04 Å². The predicted molar refractivity (Wildman–Crippen MR) is 63.9 cm³/mol. The summed E-state index contributed by atoms with van der Waals surface area (Å²) >= 11 is 0. The average molecular weight is 249 g/mol. The molecule has 1 amide bonds. The number of benzene rings is 1. The lowest BCUT2D eigenvalue weighted by Gasteiger charge is -2.17. The monoisotopic (exact) mass is 249 g/mol. The van der Waals surface area contributed by atoms with Gasteiger partial charge in [-0.1, -0.05) is 30.3 Å². The van der Waals surface area contributed by atoms with Gasteiger partial charge in [0, 0.05) is 6.61 Å². The third kappa shape index (κ3) is 2.87. The van der Waals surface area contributed by atoms with E-state index < -0.39 is 18.1 Å². The first kappa shape index (κ1) is 12.6. The van der Waals surface area contributed by atoms with E-state index in [-0.39, 0.29) is 5.91 Å². The van der Waals surface area contributed by atoms with Crippen molar-refractivity contribution in [2.24, 2.45) is 0 Å². The Morgan fingerprint density at radius 2 is 2.06 bits per heavy atom. The van der Waals surface area contributed by atoms with Crippen LogP contribution in [0, 0.1) is 0 Å². The number of carboxylic acids is 1. The van der Waals surface area contributed by atoms with Crippen molar-refractivity contribution >= 4 is 11.9 Å². The van der Waals surface area contributed by atoms with Crippen LogP contribution in [-0.4, -0.2) is 29.7 Å². The van der Waals surface area contributed by atoms with E-state index in [9.17, 15) is 9.59 Å². The van der Waals surface area contributed by atoms with Crippen LogP contribution in [0.2, 0.25) is 0 Å². The van der Waals surface area contributed by atoms with Crippen LogP contribution in [0.15, 0.2) is 30.3 Å². The Hall–Kier alpha value is -1.88. The molecule has 1 aliphatic rings. The molecule has 1 fully saturated rings. The minimum atomic E-state index is -1.08. The van der Waals surface area contributed by atoms with E-state index in [0.717, 1.165) is 6.42 Å². The van der Waals surface area contributed by atoms with Gasteiger partial charge in [0.2, 0.25) is 5.91 Å². The fourth-order valence-corrected chi connectivity index (χ4v) is 1.95. The van der Waals surface area contributed by atoms with Crippen molar-refractivity contribution < 1.29 is 19.4 Å². The molecule has 1 aromatic rings. The van der Waals surface area contributed by atoms with Gasteiger partial charge in [-0.3, -0.25) is 4.79 Å². The second-order valence-electron chi connectivity index (χ2n) is 4.19. The molecule has 2 N–H and O–H groups in total. The van der Waals surface area contributed by atoms with E-state index in [0.29, 0.717) is 18.6 Å². The van der Waals surface area contributed by atoms with Crippen molar-refractivity contribution in [3.8, 4) is 0 Å². The summed E-state index contributed by atoms with van der Waals surface area (Å²) in [5.74, 6) is -1.43. The van der Waals surface area contributed by atoms with Crippen LogP contribution < -0.4 is 5.32 Å². The van der Waals surface area contributed by atoms with Crippen molar-refractivity contribution in [2.75, 3.05) is 6.61 Å². The minimum absolute atomic E-state index is 0.358. The first-order valence-electron chi connectivity index (χ1n) is 5.88. The Morgan fingerprint density at radius 1 is 1.33 bits per heavy atom. The van der Waals surface area contributed by atoms with E-state index in [1.165, 1.54) is 0 Å². The van der Waals surface area contributed by atoms with Crippen LogP contribution in [0.3, 0.4) is 0 Å². The van der Waals surface area contributed by atoms with Crippen LogP contribution in [0.25, 0.3) is 0 Å². The van der Waals surface area contributed by atoms with E-state index in [4.69, 9.17) is 9.84 Å². The Balaban J connectivity index is 2.07. The molecule has 2 rings (SSSR count). The lowest BCUT2D eigenvalue weighted by molar-refractivity contribution is -0.143. The number of nitrogens with one attached hydrogen (secondary N) is 1. The first-order chi connectivity index (χ1) is 8.68. The van der Waals surface area contributed by atoms with Gasteiger partial charge in [0.1, 0.15) is 6.10 Å². The summed E-state index contributed by atoms with van der Waals surface area (Å²) in [5, 5.41) is 11.7. The van der Waals surface area contributed by atoms with Crippen molar-refractivity contribution in [3.63, 3.8) is 0 Å². The Kier molecular flexibility index (Phi) is 3.94. The van der Waals surface area contributed by atoms with Crippen molar-refractivity contribution in [1.29, 1.82) is 0 Å². The van der Waals surface area contributed by atoms with Gasteiger partial charge in [-0.2, -0.15) is 0 Å². The molecular weight excluding hydrogens is 234 g/mol. The normalized spacial score (nSPS) is 20.3. The van der Waals surface area contributed by atoms with Gasteiger partial charge in [0.25, 0.3) is 0 Å². The number of rotatable bonds is 4. The zero-order valence-corrected chi connectivity index (χ0v) is 9.83. The summed E-state index contributed by atoms with van der Waals surface area (Å²) in [6, 6.07) is 7.60. The summed E-state index contributed by atoms with van der Waals surface area (Å²) < 4.78 is 5.23. The molecule has 0 aliphatic carbocycles. The van der Waals surface area contributed by atoms with Crippen molar-refractivity contribution in [1.82, 2.24) is 5.32 Å². The molecule has 96 valence electrons. The lowest BCUT2D eigenvalue weighted by Crippen LogP contribution is -2.39. The van der Waals surface area contributed by atoms with Gasteiger partial charge in [-0.15, -0.1) is 0 Å². The minimum Gasteiger partial charge on any atom is -0.479 e. The topological polar surface area (TPSA) is 75.6 Å². The molecule has 0 bridgehead atoms. The Morgan fingerprint density at radius 3 is 2.61 bits per heavy atom. The van der Waals surface area contributed by atoms with Gasteiger partial charge in [-0.25, -0.2) is 4.79 Å². The SMILES string of the molecule is O=C(N[C@H](C(=O)O)c1ccccc1)C1CCCO1. The molecule has 0 radical (unpaired) electrons. The number of hydrogen-bond acceptors (Lipinski definition) is 3. The largest absolute Gasteiger partial charge is 0.479 e. The maximum atomic E-state index is 11.8. The zero-order valence-electron chi connectivity index (χ0n) is 9.83. The summed E-state index contributed by atoms with van der Waals surface area (Å²) in [5.41, 5.74) is 0.552. The summed E-state index contributed by atoms with van der Waals surface area (Å²) in [7, 11) is 0. The number of ether oxygens (including phenoxy) is 1. The van der Waals surface area contributed by atoms with Crippen LogP contribution in [0.5, 0.6) is 0 Å². The molecule has 0 aromatic heterocycles. The van der Waals surface area contributed by atoms with Crippen molar-refractivity contribution in [2.45, 2.75) is 25.0 Å². The fraction of sp³-hybridized carbons (Fsp3) is 0.385. The quantitative estimate of drug-likeness (QED) is 0.838. The maximum absolute atomic E-state index is 11.8. The second-order valence-corrected chi connectivity index (χ2v) is 4.19. The summed E-state index contributed by atoms with van der Waals surface area (Å²) in [4.78, 5) is 23.0. The Labute approximate surface area is 105 Å². The van der Waals surface area contributed by atoms with Gasteiger partial charge >= 0.3 is 5.97 Å². The molecule has 1 unspecified atom stereocenters. The number of hydrogen-bond donors (Lipinski definition) is 2. The molecule has 18 heavy (non-hydrogen) atoms. The highest BCUT2D eigenvalue weighted by Gasteiger charge is 2.28. The third-order valence-electron chi connectivity index (χ3n) is 2.89. The van der Waals surface area contributed by atoms with Crippen molar-refractivity contribution in [3.05, 3.63) is 35.9 Å². The predicted octanol–water partition coefficient (Wildman–Crippen LogP) is 1.11. The van der Waals surface area contributed by atoms with E-state index in [1.807, 2.05) is 0 Å². The molecule has 1 saturated heterocycles. The standard InChI is InChI=1S/C13H15NO4/c15-12(10-7-4-8-18-10)14-11(13(16)17)9-5-2-1-3-6-9/h1-3,5-6,10-11H,4,7-8H2,(H,14,15)(H,16,17)/t10?,11-/m0/s1. The smallest absolute Gasteiger partial charge is 0.330 e. The molecular formula is C13H15NO4. The third-order valence-corrected chi connectivity index (χ3v) is 2.89. The summed E-state index contributed by atoms with van der Waals surface area (Å²) in [6.45, 7) is 0.557. The first-order valence-corrected chi connectivity index (χ1v) is 5.88. The highest BCUT2D eigenvalue weighted by Crippen LogP contribution is 2.16. The summed E-state index contributed by atoms with van der Waals surface area (Å²) in [6.07, 6.45) is 0.962. The van der Waals surface area contributed by atoms with E-state index in [1.54, 1.807) is 30.3 Å². The van der Waals surface area contributed by atoms with Crippen LogP contribution >= 0.6 is 0 Å². The highest BCUT2D eigenvalue weighted by atomic mass is 16.5. The molecule has 1 aromatic carbocycles. The van der Waals surface area contributed by atoms with E-state index >= 15 is 0 Å². The number of carbonyl (C=O) groups excluding carboxylic acids is 1. The maximum Gasteiger partial charge on any atom is 0.330 e. The van der Waals surface area contributed by atoms with Crippen LogP contribution in [-0.2, 0) is 14.3 Å². The average Bonchev–Trinajstić information content (AvgIpc) is 2.90.